The number of hydrogen-bond donors (Lipinski definition) is 2. The van der Waals surface area contributed by atoms with E-state index >= 15 is 0 Å². The third-order valence-corrected chi connectivity index (χ3v) is 3.36. The predicted octanol–water partition coefficient (Wildman–Crippen LogP) is 1.90. The van der Waals surface area contributed by atoms with Gasteiger partial charge in [0.15, 0.2) is 6.04 Å². The molecule has 5 heteroatoms. The molecular formula is C15H17NO4. The van der Waals surface area contributed by atoms with Crippen LogP contribution in [-0.2, 0) is 9.59 Å². The fourth-order valence-electron chi connectivity index (χ4n) is 2.18. The standard InChI is InChI=1S/C15H17NO4/c1-20-12-8-6-10(7-9-12)13(15(18)19)16-14(17)11-4-2-3-5-11/h2-3,6-9,11,13H,4-5H2,1H3,(H,16,17)(H,18,19)/t13-/m1/s1. The molecule has 1 aromatic rings. The van der Waals surface area contributed by atoms with Gasteiger partial charge in [0.05, 0.1) is 7.11 Å². The van der Waals surface area contributed by atoms with Crippen molar-refractivity contribution in [2.45, 2.75) is 18.9 Å². The zero-order valence-electron chi connectivity index (χ0n) is 11.2. The molecule has 0 heterocycles. The van der Waals surface area contributed by atoms with Gasteiger partial charge in [0, 0.05) is 5.92 Å². The minimum absolute atomic E-state index is 0.157. The van der Waals surface area contributed by atoms with Crippen molar-refractivity contribution in [3.63, 3.8) is 0 Å². The summed E-state index contributed by atoms with van der Waals surface area (Å²) in [6.45, 7) is 0. The van der Waals surface area contributed by atoms with Crippen LogP contribution >= 0.6 is 0 Å². The fraction of sp³-hybridized carbons (Fsp3) is 0.333. The van der Waals surface area contributed by atoms with E-state index in [0.29, 0.717) is 24.2 Å². The van der Waals surface area contributed by atoms with Crippen LogP contribution < -0.4 is 10.1 Å². The maximum atomic E-state index is 12.0. The maximum absolute atomic E-state index is 12.0. The summed E-state index contributed by atoms with van der Waals surface area (Å²) < 4.78 is 5.03. The quantitative estimate of drug-likeness (QED) is 0.805. The largest absolute Gasteiger partial charge is 0.497 e. The average molecular weight is 275 g/mol. The van der Waals surface area contributed by atoms with Gasteiger partial charge in [0.25, 0.3) is 0 Å². The number of aliphatic carboxylic acids is 1. The van der Waals surface area contributed by atoms with Crippen molar-refractivity contribution >= 4 is 11.9 Å². The van der Waals surface area contributed by atoms with Crippen LogP contribution in [0.15, 0.2) is 36.4 Å². The lowest BCUT2D eigenvalue weighted by atomic mass is 10.0. The summed E-state index contributed by atoms with van der Waals surface area (Å²) in [6.07, 6.45) is 5.21. The first kappa shape index (κ1) is 14.1. The molecule has 0 saturated heterocycles. The molecule has 0 spiro atoms. The Balaban J connectivity index is 2.09. The van der Waals surface area contributed by atoms with E-state index in [1.165, 1.54) is 0 Å². The molecule has 2 rings (SSSR count). The Kier molecular flexibility index (Phi) is 4.40. The van der Waals surface area contributed by atoms with Gasteiger partial charge in [0.2, 0.25) is 5.91 Å². The van der Waals surface area contributed by atoms with E-state index in [0.717, 1.165) is 0 Å². The first-order chi connectivity index (χ1) is 9.61. The molecule has 1 aliphatic carbocycles. The summed E-state index contributed by atoms with van der Waals surface area (Å²) >= 11 is 0. The van der Waals surface area contributed by atoms with E-state index in [2.05, 4.69) is 5.32 Å². The molecule has 5 nitrogen and oxygen atoms in total. The van der Waals surface area contributed by atoms with Crippen LogP contribution in [-0.4, -0.2) is 24.1 Å². The topological polar surface area (TPSA) is 75.6 Å². The van der Waals surface area contributed by atoms with Crippen LogP contribution in [0.5, 0.6) is 5.75 Å². The van der Waals surface area contributed by atoms with Gasteiger partial charge in [-0.2, -0.15) is 0 Å². The number of carboxylic acid groups (broad SMARTS) is 1. The Labute approximate surface area is 117 Å². The number of nitrogens with one attached hydrogen (secondary N) is 1. The summed E-state index contributed by atoms with van der Waals surface area (Å²) in [4.78, 5) is 23.4. The third kappa shape index (κ3) is 3.17. The van der Waals surface area contributed by atoms with Gasteiger partial charge in [-0.1, -0.05) is 24.3 Å². The highest BCUT2D eigenvalue weighted by Crippen LogP contribution is 2.22. The lowest BCUT2D eigenvalue weighted by molar-refractivity contribution is -0.142. The molecule has 106 valence electrons. The molecular weight excluding hydrogens is 258 g/mol. The first-order valence-corrected chi connectivity index (χ1v) is 6.44. The van der Waals surface area contributed by atoms with Crippen molar-refractivity contribution in [3.8, 4) is 5.75 Å². The highest BCUT2D eigenvalue weighted by Gasteiger charge is 2.26. The lowest BCUT2D eigenvalue weighted by Crippen LogP contribution is -2.37. The van der Waals surface area contributed by atoms with E-state index < -0.39 is 12.0 Å². The number of methoxy groups -OCH3 is 1. The molecule has 0 radical (unpaired) electrons. The molecule has 0 aromatic heterocycles. The van der Waals surface area contributed by atoms with Gasteiger partial charge in [-0.05, 0) is 30.5 Å². The molecule has 1 aliphatic rings. The zero-order valence-corrected chi connectivity index (χ0v) is 11.2. The Hall–Kier alpha value is -2.30. The van der Waals surface area contributed by atoms with Crippen molar-refractivity contribution in [1.29, 1.82) is 0 Å². The molecule has 0 unspecified atom stereocenters. The van der Waals surface area contributed by atoms with Crippen LogP contribution in [0.4, 0.5) is 0 Å². The van der Waals surface area contributed by atoms with E-state index in [1.807, 2.05) is 12.2 Å². The monoisotopic (exact) mass is 275 g/mol. The molecule has 20 heavy (non-hydrogen) atoms. The molecule has 1 amide bonds. The van der Waals surface area contributed by atoms with Crippen LogP contribution in [0.2, 0.25) is 0 Å². The molecule has 0 bridgehead atoms. The number of ether oxygens (including phenoxy) is 1. The van der Waals surface area contributed by atoms with Crippen molar-refractivity contribution < 1.29 is 19.4 Å². The summed E-state index contributed by atoms with van der Waals surface area (Å²) in [5.41, 5.74) is 0.526. The Bertz CT molecular complexity index is 513. The molecule has 2 N–H and O–H groups in total. The summed E-state index contributed by atoms with van der Waals surface area (Å²) in [7, 11) is 1.54. The number of carbonyl (C=O) groups excluding carboxylic acids is 1. The third-order valence-electron chi connectivity index (χ3n) is 3.36. The number of amides is 1. The summed E-state index contributed by atoms with van der Waals surface area (Å²) in [5, 5.41) is 11.9. The summed E-state index contributed by atoms with van der Waals surface area (Å²) in [5.74, 6) is -0.813. The van der Waals surface area contributed by atoms with Gasteiger partial charge in [-0.3, -0.25) is 4.79 Å². The second kappa shape index (κ2) is 6.23. The number of allylic oxidation sites excluding steroid dienone is 2. The molecule has 0 aliphatic heterocycles. The minimum Gasteiger partial charge on any atom is -0.497 e. The van der Waals surface area contributed by atoms with Crippen molar-refractivity contribution in [1.82, 2.24) is 5.32 Å². The van der Waals surface area contributed by atoms with Gasteiger partial charge in [-0.15, -0.1) is 0 Å². The average Bonchev–Trinajstić information content (AvgIpc) is 2.98. The SMILES string of the molecule is COc1ccc([C@@H](NC(=O)C2CC=CC2)C(=O)O)cc1. The van der Waals surface area contributed by atoms with Gasteiger partial charge < -0.3 is 15.2 Å². The van der Waals surface area contributed by atoms with Crippen molar-refractivity contribution in [2.24, 2.45) is 5.92 Å². The van der Waals surface area contributed by atoms with Crippen molar-refractivity contribution in [3.05, 3.63) is 42.0 Å². The molecule has 0 saturated carbocycles. The van der Waals surface area contributed by atoms with Gasteiger partial charge in [0.1, 0.15) is 5.75 Å². The summed E-state index contributed by atoms with van der Waals surface area (Å²) in [6, 6.07) is 5.60. The smallest absolute Gasteiger partial charge is 0.330 e. The predicted molar refractivity (Wildman–Crippen MR) is 73.4 cm³/mol. The zero-order chi connectivity index (χ0) is 14.5. The molecule has 1 aromatic carbocycles. The number of rotatable bonds is 5. The van der Waals surface area contributed by atoms with E-state index in [9.17, 15) is 14.7 Å². The van der Waals surface area contributed by atoms with Crippen LogP contribution in [0, 0.1) is 5.92 Å². The number of benzene rings is 1. The van der Waals surface area contributed by atoms with Crippen molar-refractivity contribution in [2.75, 3.05) is 7.11 Å². The number of carbonyl (C=O) groups is 2. The first-order valence-electron chi connectivity index (χ1n) is 6.44. The Morgan fingerprint density at radius 2 is 1.85 bits per heavy atom. The molecule has 0 fully saturated rings. The number of carboxylic acids is 1. The van der Waals surface area contributed by atoms with Crippen LogP contribution in [0.3, 0.4) is 0 Å². The Morgan fingerprint density at radius 1 is 1.25 bits per heavy atom. The fourth-order valence-corrected chi connectivity index (χ4v) is 2.18. The van der Waals surface area contributed by atoms with E-state index in [1.54, 1.807) is 31.4 Å². The van der Waals surface area contributed by atoms with Crippen LogP contribution in [0.1, 0.15) is 24.4 Å². The second-order valence-corrected chi connectivity index (χ2v) is 4.69. The minimum atomic E-state index is -1.07. The Morgan fingerprint density at radius 3 is 2.35 bits per heavy atom. The van der Waals surface area contributed by atoms with Gasteiger partial charge in [-0.25, -0.2) is 4.79 Å². The van der Waals surface area contributed by atoms with Crippen LogP contribution in [0.25, 0.3) is 0 Å². The normalized spacial score (nSPS) is 15.8. The highest BCUT2D eigenvalue weighted by atomic mass is 16.5. The number of hydrogen-bond acceptors (Lipinski definition) is 3. The second-order valence-electron chi connectivity index (χ2n) is 4.69. The highest BCUT2D eigenvalue weighted by molar-refractivity contribution is 5.86. The molecule has 1 atom stereocenters. The maximum Gasteiger partial charge on any atom is 0.330 e. The lowest BCUT2D eigenvalue weighted by Gasteiger charge is -2.18. The van der Waals surface area contributed by atoms with E-state index in [-0.39, 0.29) is 11.8 Å². The van der Waals surface area contributed by atoms with Gasteiger partial charge >= 0.3 is 5.97 Å². The van der Waals surface area contributed by atoms with E-state index in [4.69, 9.17) is 4.74 Å².